The van der Waals surface area contributed by atoms with E-state index in [1.807, 2.05) is 13.8 Å². The van der Waals surface area contributed by atoms with E-state index in [1.54, 1.807) is 11.1 Å². The summed E-state index contributed by atoms with van der Waals surface area (Å²) in [5.41, 5.74) is 6.30. The van der Waals surface area contributed by atoms with Gasteiger partial charge in [-0.2, -0.15) is 0 Å². The lowest BCUT2D eigenvalue weighted by molar-refractivity contribution is 0.398. The van der Waals surface area contributed by atoms with Crippen LogP contribution in [0.1, 0.15) is 62.3 Å². The van der Waals surface area contributed by atoms with Crippen LogP contribution in [0.3, 0.4) is 0 Å². The molecule has 1 unspecified atom stereocenters. The molecule has 0 radical (unpaired) electrons. The van der Waals surface area contributed by atoms with Gasteiger partial charge >= 0.3 is 0 Å². The number of aryl methyl sites for hydroxylation is 1. The van der Waals surface area contributed by atoms with Crippen molar-refractivity contribution >= 4 is 0 Å². The van der Waals surface area contributed by atoms with Gasteiger partial charge in [0.2, 0.25) is 0 Å². The zero-order valence-corrected chi connectivity index (χ0v) is 13.9. The Hall–Kier alpha value is -1.56. The summed E-state index contributed by atoms with van der Waals surface area (Å²) >= 11 is 0. The minimum atomic E-state index is 0.292. The van der Waals surface area contributed by atoms with Gasteiger partial charge in [-0.15, -0.1) is 0 Å². The summed E-state index contributed by atoms with van der Waals surface area (Å²) in [6.07, 6.45) is 5.08. The van der Waals surface area contributed by atoms with Gasteiger partial charge < -0.3 is 0 Å². The van der Waals surface area contributed by atoms with Crippen LogP contribution >= 0.6 is 0 Å². The Bertz CT molecular complexity index is 568. The number of hydrogen-bond acceptors (Lipinski definition) is 0. The Morgan fingerprint density at radius 1 is 1.00 bits per heavy atom. The van der Waals surface area contributed by atoms with Crippen LogP contribution in [-0.4, -0.2) is 0 Å². The summed E-state index contributed by atoms with van der Waals surface area (Å²) in [7, 11) is 0. The Labute approximate surface area is 130 Å². The highest BCUT2D eigenvalue weighted by Gasteiger charge is 2.43. The molecular weight excluding hydrogens is 252 g/mol. The van der Waals surface area contributed by atoms with Crippen molar-refractivity contribution in [3.05, 3.63) is 70.8 Å². The van der Waals surface area contributed by atoms with Crippen LogP contribution in [0.4, 0.5) is 0 Å². The molecule has 0 saturated heterocycles. The van der Waals surface area contributed by atoms with E-state index < -0.39 is 0 Å². The van der Waals surface area contributed by atoms with Crippen LogP contribution < -0.4 is 0 Å². The maximum absolute atomic E-state index is 2.36. The first kappa shape index (κ1) is 15.8. The summed E-state index contributed by atoms with van der Waals surface area (Å²) < 4.78 is 0. The molecule has 0 N–H and O–H groups in total. The third-order valence-corrected chi connectivity index (χ3v) is 4.55. The molecule has 2 aromatic rings. The molecule has 0 aliphatic heterocycles. The Morgan fingerprint density at radius 2 is 1.71 bits per heavy atom. The summed E-state index contributed by atoms with van der Waals surface area (Å²) in [4.78, 5) is 0. The normalized spacial score (nSPS) is 19.0. The lowest BCUT2D eigenvalue weighted by Gasteiger charge is -2.45. The average Bonchev–Trinajstić information content (AvgIpc) is 2.52. The molecule has 0 amide bonds. The van der Waals surface area contributed by atoms with Gasteiger partial charge in [-0.05, 0) is 36.5 Å². The van der Waals surface area contributed by atoms with Crippen LogP contribution in [0.25, 0.3) is 0 Å². The number of unbranched alkanes of at least 4 members (excludes halogenated alkanes) is 1. The van der Waals surface area contributed by atoms with Crippen molar-refractivity contribution in [3.8, 4) is 0 Å². The fourth-order valence-corrected chi connectivity index (χ4v) is 3.51. The summed E-state index contributed by atoms with van der Waals surface area (Å²) in [6.45, 7) is 8.47. The molecule has 0 bridgehead atoms. The number of hydrogen-bond donors (Lipinski definition) is 0. The van der Waals surface area contributed by atoms with Gasteiger partial charge in [0, 0.05) is 5.41 Å². The average molecular weight is 280 g/mol. The third-order valence-electron chi connectivity index (χ3n) is 4.55. The summed E-state index contributed by atoms with van der Waals surface area (Å²) in [5.74, 6) is 0. The molecule has 0 saturated carbocycles. The Kier molecular flexibility index (Phi) is 5.22. The van der Waals surface area contributed by atoms with Crippen molar-refractivity contribution in [1.82, 2.24) is 0 Å². The Balaban J connectivity index is 0.000000774. The molecule has 0 nitrogen and oxygen atoms in total. The van der Waals surface area contributed by atoms with Crippen LogP contribution in [0.15, 0.2) is 48.5 Å². The molecule has 21 heavy (non-hydrogen) atoms. The zero-order chi connectivity index (χ0) is 15.3. The second-order valence-electron chi connectivity index (χ2n) is 5.89. The smallest absolute Gasteiger partial charge is 0.0246 e. The molecule has 112 valence electrons. The van der Waals surface area contributed by atoms with Crippen molar-refractivity contribution in [2.45, 2.75) is 58.8 Å². The summed E-state index contributed by atoms with van der Waals surface area (Å²) in [5, 5.41) is 0. The topological polar surface area (TPSA) is 0 Å². The van der Waals surface area contributed by atoms with Gasteiger partial charge in [0.1, 0.15) is 0 Å². The predicted molar refractivity (Wildman–Crippen MR) is 93.0 cm³/mol. The van der Waals surface area contributed by atoms with E-state index in [9.17, 15) is 0 Å². The van der Waals surface area contributed by atoms with Gasteiger partial charge in [0.25, 0.3) is 0 Å². The predicted octanol–water partition coefficient (Wildman–Crippen LogP) is 6.05. The highest BCUT2D eigenvalue weighted by atomic mass is 14.5. The van der Waals surface area contributed by atoms with Gasteiger partial charge in [-0.25, -0.2) is 0 Å². The summed E-state index contributed by atoms with van der Waals surface area (Å²) in [6, 6.07) is 18.1. The van der Waals surface area contributed by atoms with Crippen molar-refractivity contribution in [3.63, 3.8) is 0 Å². The maximum atomic E-state index is 2.36. The van der Waals surface area contributed by atoms with E-state index >= 15 is 0 Å². The highest BCUT2D eigenvalue weighted by Crippen LogP contribution is 2.49. The van der Waals surface area contributed by atoms with Crippen LogP contribution in [0, 0.1) is 6.92 Å². The molecule has 0 heterocycles. The molecule has 0 aromatic heterocycles. The largest absolute Gasteiger partial charge is 0.0683 e. The van der Waals surface area contributed by atoms with E-state index in [1.165, 1.54) is 36.8 Å². The minimum absolute atomic E-state index is 0.292. The maximum Gasteiger partial charge on any atom is 0.0246 e. The first-order valence-electron chi connectivity index (χ1n) is 8.42. The van der Waals surface area contributed by atoms with Gasteiger partial charge in [0.05, 0.1) is 0 Å². The van der Waals surface area contributed by atoms with Gasteiger partial charge in [-0.1, -0.05) is 87.7 Å². The third kappa shape index (κ3) is 2.90. The van der Waals surface area contributed by atoms with E-state index in [-0.39, 0.29) is 0 Å². The standard InChI is InChI=1S/C19H22.C2H6/c1-3-4-12-19(17-8-6-5-7-9-17)14-16-13-15(2)10-11-18(16)19;1-2/h5-11,13H,3-4,12,14H2,1-2H3;1-2H3. The van der Waals surface area contributed by atoms with Crippen molar-refractivity contribution in [2.24, 2.45) is 0 Å². The highest BCUT2D eigenvalue weighted by molar-refractivity contribution is 5.54. The lowest BCUT2D eigenvalue weighted by atomic mass is 9.58. The monoisotopic (exact) mass is 280 g/mol. The quantitative estimate of drug-likeness (QED) is 0.639. The Morgan fingerprint density at radius 3 is 2.33 bits per heavy atom. The second-order valence-corrected chi connectivity index (χ2v) is 5.89. The molecule has 2 aromatic carbocycles. The van der Waals surface area contributed by atoms with Crippen molar-refractivity contribution < 1.29 is 0 Å². The molecule has 0 spiro atoms. The molecular formula is C21H28. The lowest BCUT2D eigenvalue weighted by Crippen LogP contribution is -2.40. The van der Waals surface area contributed by atoms with Crippen molar-refractivity contribution in [1.29, 1.82) is 0 Å². The van der Waals surface area contributed by atoms with Crippen LogP contribution in [0.5, 0.6) is 0 Å². The minimum Gasteiger partial charge on any atom is -0.0683 e. The molecule has 0 heteroatoms. The van der Waals surface area contributed by atoms with E-state index in [4.69, 9.17) is 0 Å². The number of rotatable bonds is 4. The molecule has 0 fully saturated rings. The second kappa shape index (κ2) is 6.93. The molecule has 1 aliphatic carbocycles. The number of benzene rings is 2. The zero-order valence-electron chi connectivity index (χ0n) is 13.9. The first-order valence-corrected chi connectivity index (χ1v) is 8.42. The van der Waals surface area contributed by atoms with Crippen LogP contribution in [0.2, 0.25) is 0 Å². The fourth-order valence-electron chi connectivity index (χ4n) is 3.51. The van der Waals surface area contributed by atoms with Crippen LogP contribution in [-0.2, 0) is 11.8 Å². The molecule has 1 atom stereocenters. The van der Waals surface area contributed by atoms with Gasteiger partial charge in [-0.3, -0.25) is 0 Å². The van der Waals surface area contributed by atoms with Crippen molar-refractivity contribution in [2.75, 3.05) is 0 Å². The number of fused-ring (bicyclic) bond motifs is 1. The fraction of sp³-hybridized carbons (Fsp3) is 0.429. The van der Waals surface area contributed by atoms with E-state index in [0.717, 1.165) is 0 Å². The van der Waals surface area contributed by atoms with Gasteiger partial charge in [0.15, 0.2) is 0 Å². The van der Waals surface area contributed by atoms with E-state index in [0.29, 0.717) is 5.41 Å². The SMILES string of the molecule is CC.CCCCC1(c2ccccc2)Cc2cc(C)ccc21. The first-order chi connectivity index (χ1) is 10.3. The van der Waals surface area contributed by atoms with E-state index in [2.05, 4.69) is 62.4 Å². The molecule has 1 aliphatic rings. The molecule has 3 rings (SSSR count).